The van der Waals surface area contributed by atoms with E-state index in [4.69, 9.17) is 10.5 Å². The van der Waals surface area contributed by atoms with Gasteiger partial charge in [-0.3, -0.25) is 9.59 Å². The standard InChI is InChI=1S/C16H18BrN3O3S2/c1-10-15(24-9-13(18)21)25-16(19-10)20-14(22)7-4-8-23-12-6-3-2-5-11(12)17/h2-3,5-6H,4,7-9H2,1H3,(H2,18,21)(H,19,20,22). The van der Waals surface area contributed by atoms with Crippen molar-refractivity contribution in [2.75, 3.05) is 17.7 Å². The van der Waals surface area contributed by atoms with Gasteiger partial charge in [0.25, 0.3) is 0 Å². The van der Waals surface area contributed by atoms with Crippen LogP contribution in [0.4, 0.5) is 5.13 Å². The number of carbonyl (C=O) groups is 2. The Hall–Kier alpha value is -1.58. The molecule has 3 N–H and O–H groups in total. The van der Waals surface area contributed by atoms with Gasteiger partial charge in [0.15, 0.2) is 5.13 Å². The quantitative estimate of drug-likeness (QED) is 0.456. The lowest BCUT2D eigenvalue weighted by atomic mass is 10.3. The zero-order valence-corrected chi connectivity index (χ0v) is 16.8. The van der Waals surface area contributed by atoms with E-state index in [1.807, 2.05) is 31.2 Å². The molecule has 0 bridgehead atoms. The van der Waals surface area contributed by atoms with Gasteiger partial charge in [-0.1, -0.05) is 23.5 Å². The van der Waals surface area contributed by atoms with Crippen LogP contribution < -0.4 is 15.8 Å². The van der Waals surface area contributed by atoms with Crippen LogP contribution in [0.15, 0.2) is 32.9 Å². The molecule has 2 aromatic rings. The fourth-order valence-electron chi connectivity index (χ4n) is 1.86. The number of halogens is 1. The summed E-state index contributed by atoms with van der Waals surface area (Å²) in [5.74, 6) is 0.460. The first-order chi connectivity index (χ1) is 12.0. The second kappa shape index (κ2) is 9.79. The number of aryl methyl sites for hydroxylation is 1. The molecule has 0 radical (unpaired) electrons. The largest absolute Gasteiger partial charge is 0.492 e. The number of benzene rings is 1. The van der Waals surface area contributed by atoms with Crippen LogP contribution in [-0.2, 0) is 9.59 Å². The number of primary amides is 1. The number of thiazole rings is 1. The van der Waals surface area contributed by atoms with E-state index in [2.05, 4.69) is 26.2 Å². The number of hydrogen-bond donors (Lipinski definition) is 2. The molecule has 25 heavy (non-hydrogen) atoms. The lowest BCUT2D eigenvalue weighted by molar-refractivity contribution is -0.116. The molecule has 0 aliphatic heterocycles. The van der Waals surface area contributed by atoms with Crippen molar-refractivity contribution < 1.29 is 14.3 Å². The van der Waals surface area contributed by atoms with Crippen molar-refractivity contribution in [1.29, 1.82) is 0 Å². The van der Waals surface area contributed by atoms with Crippen LogP contribution in [0.3, 0.4) is 0 Å². The molecule has 1 aromatic carbocycles. The summed E-state index contributed by atoms with van der Waals surface area (Å²) < 4.78 is 7.40. The van der Waals surface area contributed by atoms with E-state index >= 15 is 0 Å². The third-order valence-corrected chi connectivity index (χ3v) is 6.10. The van der Waals surface area contributed by atoms with Crippen LogP contribution in [0.1, 0.15) is 18.5 Å². The summed E-state index contributed by atoms with van der Waals surface area (Å²) in [6, 6.07) is 7.58. The molecule has 6 nitrogen and oxygen atoms in total. The molecule has 9 heteroatoms. The molecule has 0 saturated carbocycles. The number of amides is 2. The lowest BCUT2D eigenvalue weighted by Gasteiger charge is -2.07. The normalized spacial score (nSPS) is 10.5. The van der Waals surface area contributed by atoms with Crippen molar-refractivity contribution >= 4 is 56.0 Å². The Kier molecular flexibility index (Phi) is 7.73. The fraction of sp³-hybridized carbons (Fsp3) is 0.312. The highest BCUT2D eigenvalue weighted by Crippen LogP contribution is 2.32. The van der Waals surface area contributed by atoms with E-state index in [1.165, 1.54) is 23.1 Å². The molecule has 0 aliphatic carbocycles. The molecule has 0 unspecified atom stereocenters. The maximum Gasteiger partial charge on any atom is 0.227 e. The zero-order valence-electron chi connectivity index (χ0n) is 13.6. The first kappa shape index (κ1) is 19.7. The van der Waals surface area contributed by atoms with Crippen LogP contribution in [0.2, 0.25) is 0 Å². The second-order valence-corrected chi connectivity index (χ2v) is 8.17. The van der Waals surface area contributed by atoms with Crippen molar-refractivity contribution in [2.45, 2.75) is 24.0 Å². The van der Waals surface area contributed by atoms with E-state index in [9.17, 15) is 9.59 Å². The van der Waals surface area contributed by atoms with Crippen molar-refractivity contribution in [1.82, 2.24) is 4.98 Å². The van der Waals surface area contributed by atoms with Crippen LogP contribution in [0.25, 0.3) is 0 Å². The average molecular weight is 444 g/mol. The SMILES string of the molecule is Cc1nc(NC(=O)CCCOc2ccccc2Br)sc1SCC(N)=O. The van der Waals surface area contributed by atoms with E-state index in [1.54, 1.807) is 0 Å². The number of nitrogens with zero attached hydrogens (tertiary/aromatic N) is 1. The van der Waals surface area contributed by atoms with Gasteiger partial charge in [0, 0.05) is 6.42 Å². The molecule has 1 heterocycles. The lowest BCUT2D eigenvalue weighted by Crippen LogP contribution is -2.12. The number of nitrogens with two attached hydrogens (primary N) is 1. The number of nitrogens with one attached hydrogen (secondary N) is 1. The molecular weight excluding hydrogens is 426 g/mol. The molecule has 0 spiro atoms. The van der Waals surface area contributed by atoms with Crippen molar-refractivity contribution in [3.63, 3.8) is 0 Å². The van der Waals surface area contributed by atoms with Crippen LogP contribution in [0.5, 0.6) is 5.75 Å². The highest BCUT2D eigenvalue weighted by Gasteiger charge is 2.12. The number of thioether (sulfide) groups is 1. The highest BCUT2D eigenvalue weighted by molar-refractivity contribution is 9.10. The monoisotopic (exact) mass is 443 g/mol. The third-order valence-electron chi connectivity index (χ3n) is 2.99. The Morgan fingerprint density at radius 1 is 1.40 bits per heavy atom. The first-order valence-electron chi connectivity index (χ1n) is 7.51. The summed E-state index contributed by atoms with van der Waals surface area (Å²) in [6.07, 6.45) is 0.938. The molecular formula is C16H18BrN3O3S2. The Balaban J connectivity index is 1.74. The topological polar surface area (TPSA) is 94.3 Å². The summed E-state index contributed by atoms with van der Waals surface area (Å²) in [7, 11) is 0. The third kappa shape index (κ3) is 6.68. The fourth-order valence-corrected chi connectivity index (χ4v) is 4.16. The van der Waals surface area contributed by atoms with E-state index in [-0.39, 0.29) is 17.6 Å². The van der Waals surface area contributed by atoms with Crippen LogP contribution in [-0.4, -0.2) is 29.2 Å². The predicted octanol–water partition coefficient (Wildman–Crippen LogP) is 3.59. The maximum atomic E-state index is 12.0. The molecule has 1 aromatic heterocycles. The number of rotatable bonds is 9. The van der Waals surface area contributed by atoms with Gasteiger partial charge < -0.3 is 15.8 Å². The molecule has 2 amide bonds. The smallest absolute Gasteiger partial charge is 0.227 e. The summed E-state index contributed by atoms with van der Waals surface area (Å²) in [5.41, 5.74) is 5.92. The van der Waals surface area contributed by atoms with Crippen LogP contribution in [0, 0.1) is 6.92 Å². The first-order valence-corrected chi connectivity index (χ1v) is 10.1. The van der Waals surface area contributed by atoms with Crippen molar-refractivity contribution in [3.8, 4) is 5.75 Å². The minimum Gasteiger partial charge on any atom is -0.492 e. The summed E-state index contributed by atoms with van der Waals surface area (Å²) >= 11 is 6.08. The van der Waals surface area contributed by atoms with E-state index in [0.717, 1.165) is 20.1 Å². The minimum absolute atomic E-state index is 0.115. The predicted molar refractivity (Wildman–Crippen MR) is 104 cm³/mol. The van der Waals surface area contributed by atoms with Gasteiger partial charge in [0.05, 0.1) is 26.7 Å². The summed E-state index contributed by atoms with van der Waals surface area (Å²) in [4.78, 5) is 27.1. The van der Waals surface area contributed by atoms with Gasteiger partial charge in [0.2, 0.25) is 11.8 Å². The number of ether oxygens (including phenoxy) is 1. The van der Waals surface area contributed by atoms with Crippen LogP contribution >= 0.6 is 39.0 Å². The maximum absolute atomic E-state index is 12.0. The van der Waals surface area contributed by atoms with Crippen molar-refractivity contribution in [3.05, 3.63) is 34.4 Å². The van der Waals surface area contributed by atoms with Gasteiger partial charge in [-0.15, -0.1) is 11.8 Å². The summed E-state index contributed by atoms with van der Waals surface area (Å²) in [6.45, 7) is 2.29. The molecule has 0 fully saturated rings. The Morgan fingerprint density at radius 3 is 2.88 bits per heavy atom. The molecule has 134 valence electrons. The second-order valence-electron chi connectivity index (χ2n) is 5.08. The molecule has 0 saturated heterocycles. The highest BCUT2D eigenvalue weighted by atomic mass is 79.9. The number of aromatic nitrogens is 1. The molecule has 2 rings (SSSR count). The minimum atomic E-state index is -0.381. The Bertz CT molecular complexity index is 752. The van der Waals surface area contributed by atoms with Gasteiger partial charge >= 0.3 is 0 Å². The molecule has 0 atom stereocenters. The van der Waals surface area contributed by atoms with E-state index < -0.39 is 0 Å². The summed E-state index contributed by atoms with van der Waals surface area (Å²) in [5, 5.41) is 3.30. The van der Waals surface area contributed by atoms with Crippen molar-refractivity contribution in [2.24, 2.45) is 5.73 Å². The number of anilines is 1. The zero-order chi connectivity index (χ0) is 18.2. The van der Waals surface area contributed by atoms with Gasteiger partial charge in [0.1, 0.15) is 5.75 Å². The van der Waals surface area contributed by atoms with E-state index in [0.29, 0.717) is 24.6 Å². The Labute approximate surface area is 162 Å². The van der Waals surface area contributed by atoms with Gasteiger partial charge in [-0.2, -0.15) is 0 Å². The number of hydrogen-bond acceptors (Lipinski definition) is 6. The average Bonchev–Trinajstić information content (AvgIpc) is 2.90. The number of carbonyl (C=O) groups excluding carboxylic acids is 2. The Morgan fingerprint density at radius 2 is 2.16 bits per heavy atom. The van der Waals surface area contributed by atoms with Gasteiger partial charge in [-0.25, -0.2) is 4.98 Å². The molecule has 0 aliphatic rings. The van der Waals surface area contributed by atoms with Gasteiger partial charge in [-0.05, 0) is 41.4 Å². The number of para-hydroxylation sites is 1.